The number of halogens is 4. The van der Waals surface area contributed by atoms with Crippen LogP contribution in [0.15, 0.2) is 30.6 Å². The van der Waals surface area contributed by atoms with E-state index < -0.39 is 12.8 Å². The van der Waals surface area contributed by atoms with Crippen LogP contribution in [0.4, 0.5) is 13.2 Å². The zero-order valence-electron chi connectivity index (χ0n) is 11.1. The summed E-state index contributed by atoms with van der Waals surface area (Å²) in [6.45, 7) is 0.565. The van der Waals surface area contributed by atoms with Crippen LogP contribution in [0.2, 0.25) is 5.02 Å². The molecule has 0 amide bonds. The first-order valence-electron chi connectivity index (χ1n) is 6.20. The van der Waals surface area contributed by atoms with Crippen LogP contribution >= 0.6 is 11.6 Å². The van der Waals surface area contributed by atoms with E-state index in [1.54, 1.807) is 12.1 Å². The van der Waals surface area contributed by atoms with E-state index in [0.29, 0.717) is 28.4 Å². The van der Waals surface area contributed by atoms with Gasteiger partial charge in [-0.3, -0.25) is 0 Å². The van der Waals surface area contributed by atoms with Crippen molar-refractivity contribution in [3.8, 4) is 17.0 Å². The molecule has 1 aromatic heterocycles. The zero-order chi connectivity index (χ0) is 15.5. The smallest absolute Gasteiger partial charge is 0.422 e. The minimum absolute atomic E-state index is 0.109. The van der Waals surface area contributed by atoms with Gasteiger partial charge in [-0.25, -0.2) is 9.97 Å². The molecule has 7 heteroatoms. The topological polar surface area (TPSA) is 35.0 Å². The van der Waals surface area contributed by atoms with Crippen molar-refractivity contribution in [2.45, 2.75) is 19.5 Å². The Morgan fingerprint density at radius 2 is 2.00 bits per heavy atom. The first-order chi connectivity index (χ1) is 9.90. The molecule has 0 aliphatic heterocycles. The first kappa shape index (κ1) is 15.6. The van der Waals surface area contributed by atoms with Crippen LogP contribution < -0.4 is 4.74 Å². The third-order valence-electron chi connectivity index (χ3n) is 2.71. The maximum atomic E-state index is 12.2. The molecule has 112 valence electrons. The van der Waals surface area contributed by atoms with Crippen LogP contribution in [-0.2, 0) is 6.42 Å². The van der Waals surface area contributed by atoms with Crippen molar-refractivity contribution in [2.24, 2.45) is 0 Å². The average Bonchev–Trinajstić information content (AvgIpc) is 2.45. The average molecular weight is 317 g/mol. The molecular formula is C14H12ClF3N2O. The Hall–Kier alpha value is -1.82. The molecule has 1 heterocycles. The molecule has 0 fully saturated rings. The Kier molecular flexibility index (Phi) is 4.67. The second-order valence-corrected chi connectivity index (χ2v) is 4.65. The first-order valence-corrected chi connectivity index (χ1v) is 6.58. The summed E-state index contributed by atoms with van der Waals surface area (Å²) in [6.07, 6.45) is -2.36. The van der Waals surface area contributed by atoms with Gasteiger partial charge in [0.25, 0.3) is 0 Å². The number of hydrogen-bond donors (Lipinski definition) is 0. The summed E-state index contributed by atoms with van der Waals surface area (Å²) in [5, 5.41) is 0.396. The fraction of sp³-hybridized carbons (Fsp3) is 0.286. The Morgan fingerprint density at radius 3 is 2.67 bits per heavy atom. The van der Waals surface area contributed by atoms with Crippen molar-refractivity contribution < 1.29 is 17.9 Å². The normalized spacial score (nSPS) is 11.5. The van der Waals surface area contributed by atoms with Gasteiger partial charge < -0.3 is 4.74 Å². The summed E-state index contributed by atoms with van der Waals surface area (Å²) in [5.41, 5.74) is 1.74. The highest BCUT2D eigenvalue weighted by atomic mass is 35.5. The van der Waals surface area contributed by atoms with Gasteiger partial charge in [0.15, 0.2) is 6.61 Å². The van der Waals surface area contributed by atoms with Gasteiger partial charge in [-0.2, -0.15) is 13.2 Å². The van der Waals surface area contributed by atoms with E-state index in [4.69, 9.17) is 16.3 Å². The molecule has 3 nitrogen and oxygen atoms in total. The van der Waals surface area contributed by atoms with Crippen molar-refractivity contribution in [1.29, 1.82) is 0 Å². The van der Waals surface area contributed by atoms with Gasteiger partial charge in [0.05, 0.1) is 16.4 Å². The molecule has 0 N–H and O–H groups in total. The SMILES string of the molecule is CCc1ncnc(-c2cccc(OCC(F)(F)F)c2)c1Cl. The number of ether oxygens (including phenoxy) is 1. The summed E-state index contributed by atoms with van der Waals surface area (Å²) in [6, 6.07) is 6.21. The lowest BCUT2D eigenvalue weighted by Crippen LogP contribution is -2.19. The molecule has 0 atom stereocenters. The molecule has 0 bridgehead atoms. The Balaban J connectivity index is 2.29. The lowest BCUT2D eigenvalue weighted by atomic mass is 10.1. The number of hydrogen-bond acceptors (Lipinski definition) is 3. The summed E-state index contributed by atoms with van der Waals surface area (Å²) in [5.74, 6) is 0.109. The third-order valence-corrected chi connectivity index (χ3v) is 3.10. The zero-order valence-corrected chi connectivity index (χ0v) is 11.9. The number of rotatable bonds is 4. The Morgan fingerprint density at radius 1 is 1.24 bits per heavy atom. The molecule has 0 saturated carbocycles. The minimum Gasteiger partial charge on any atom is -0.484 e. The molecule has 2 aromatic rings. The van der Waals surface area contributed by atoms with E-state index in [0.717, 1.165) is 0 Å². The predicted molar refractivity (Wildman–Crippen MR) is 73.4 cm³/mol. The predicted octanol–water partition coefficient (Wildman–Crippen LogP) is 4.30. The van der Waals surface area contributed by atoms with Crippen LogP contribution in [0.1, 0.15) is 12.6 Å². The summed E-state index contributed by atoms with van der Waals surface area (Å²) in [7, 11) is 0. The van der Waals surface area contributed by atoms with Crippen molar-refractivity contribution in [3.63, 3.8) is 0 Å². The molecule has 2 rings (SSSR count). The number of aryl methyl sites for hydroxylation is 1. The van der Waals surface area contributed by atoms with E-state index in [1.807, 2.05) is 6.92 Å². The molecule has 0 aliphatic rings. The minimum atomic E-state index is -4.38. The lowest BCUT2D eigenvalue weighted by Gasteiger charge is -2.11. The highest BCUT2D eigenvalue weighted by Gasteiger charge is 2.28. The summed E-state index contributed by atoms with van der Waals surface area (Å²) < 4.78 is 41.2. The second-order valence-electron chi connectivity index (χ2n) is 4.27. The van der Waals surface area contributed by atoms with Crippen molar-refractivity contribution in [1.82, 2.24) is 9.97 Å². The van der Waals surface area contributed by atoms with Crippen molar-refractivity contribution >= 4 is 11.6 Å². The van der Waals surface area contributed by atoms with Crippen LogP contribution in [0.3, 0.4) is 0 Å². The largest absolute Gasteiger partial charge is 0.484 e. The highest BCUT2D eigenvalue weighted by Crippen LogP contribution is 2.30. The van der Waals surface area contributed by atoms with Gasteiger partial charge in [-0.15, -0.1) is 0 Å². The van der Waals surface area contributed by atoms with Gasteiger partial charge in [-0.05, 0) is 18.6 Å². The molecule has 0 spiro atoms. The van der Waals surface area contributed by atoms with E-state index in [-0.39, 0.29) is 5.75 Å². The molecule has 0 aliphatic carbocycles. The maximum Gasteiger partial charge on any atom is 0.422 e. The fourth-order valence-corrected chi connectivity index (χ4v) is 2.09. The lowest BCUT2D eigenvalue weighted by molar-refractivity contribution is -0.153. The standard InChI is InChI=1S/C14H12ClF3N2O/c1-2-11-12(15)13(20-8-19-11)9-4-3-5-10(6-9)21-7-14(16,17)18/h3-6,8H,2,7H2,1H3. The number of nitrogens with zero attached hydrogens (tertiary/aromatic N) is 2. The Bertz CT molecular complexity index is 632. The number of benzene rings is 1. The number of aromatic nitrogens is 2. The summed E-state index contributed by atoms with van der Waals surface area (Å²) in [4.78, 5) is 8.14. The van der Waals surface area contributed by atoms with E-state index in [9.17, 15) is 13.2 Å². The molecular weight excluding hydrogens is 305 g/mol. The quantitative estimate of drug-likeness (QED) is 0.843. The molecule has 21 heavy (non-hydrogen) atoms. The second kappa shape index (κ2) is 6.30. The van der Waals surface area contributed by atoms with Crippen LogP contribution in [0.5, 0.6) is 5.75 Å². The van der Waals surface area contributed by atoms with E-state index in [2.05, 4.69) is 9.97 Å². The van der Waals surface area contributed by atoms with Crippen LogP contribution in [-0.4, -0.2) is 22.8 Å². The maximum absolute atomic E-state index is 12.2. The van der Waals surface area contributed by atoms with E-state index >= 15 is 0 Å². The van der Waals surface area contributed by atoms with Crippen LogP contribution in [0.25, 0.3) is 11.3 Å². The van der Waals surface area contributed by atoms with Gasteiger partial charge in [0, 0.05) is 5.56 Å². The highest BCUT2D eigenvalue weighted by molar-refractivity contribution is 6.33. The Labute approximate surface area is 124 Å². The summed E-state index contributed by atoms with van der Waals surface area (Å²) >= 11 is 6.20. The van der Waals surface area contributed by atoms with E-state index in [1.165, 1.54) is 18.5 Å². The van der Waals surface area contributed by atoms with Gasteiger partial charge in [0.1, 0.15) is 12.1 Å². The molecule has 1 aromatic carbocycles. The third kappa shape index (κ3) is 4.07. The van der Waals surface area contributed by atoms with Crippen molar-refractivity contribution in [3.05, 3.63) is 41.3 Å². The van der Waals surface area contributed by atoms with Gasteiger partial charge in [-0.1, -0.05) is 30.7 Å². The molecule has 0 saturated heterocycles. The fourth-order valence-electron chi connectivity index (χ4n) is 1.75. The monoisotopic (exact) mass is 316 g/mol. The number of alkyl halides is 3. The van der Waals surface area contributed by atoms with Crippen molar-refractivity contribution in [2.75, 3.05) is 6.61 Å². The van der Waals surface area contributed by atoms with Crippen LogP contribution in [0, 0.1) is 0 Å². The molecule has 0 unspecified atom stereocenters. The molecule has 0 radical (unpaired) electrons. The van der Waals surface area contributed by atoms with Gasteiger partial charge >= 0.3 is 6.18 Å². The van der Waals surface area contributed by atoms with Gasteiger partial charge in [0.2, 0.25) is 0 Å².